The third-order valence-electron chi connectivity index (χ3n) is 2.72. The molecule has 0 fully saturated rings. The van der Waals surface area contributed by atoms with Gasteiger partial charge in [0, 0.05) is 11.9 Å². The molecule has 0 aliphatic rings. The molecule has 2 atom stereocenters. The van der Waals surface area contributed by atoms with Gasteiger partial charge in [-0.1, -0.05) is 20.3 Å². The number of nitrogens with one attached hydrogen (secondary N) is 1. The summed E-state index contributed by atoms with van der Waals surface area (Å²) in [5, 5.41) is 13.8. The van der Waals surface area contributed by atoms with E-state index in [4.69, 9.17) is 10.8 Å². The van der Waals surface area contributed by atoms with Gasteiger partial charge in [0.25, 0.3) is 5.91 Å². The van der Waals surface area contributed by atoms with Crippen LogP contribution in [0.15, 0.2) is 5.38 Å². The minimum Gasteiger partial charge on any atom is -0.480 e. The lowest BCUT2D eigenvalue weighted by Gasteiger charge is -2.19. The number of hydrogen-bond donors (Lipinski definition) is 3. The summed E-state index contributed by atoms with van der Waals surface area (Å²) in [7, 11) is 0. The molecule has 0 unspecified atom stereocenters. The Labute approximate surface area is 109 Å². The predicted molar refractivity (Wildman–Crippen MR) is 68.4 cm³/mol. The van der Waals surface area contributed by atoms with Crippen molar-refractivity contribution in [1.82, 2.24) is 10.3 Å². The first-order valence-corrected chi connectivity index (χ1v) is 6.55. The summed E-state index contributed by atoms with van der Waals surface area (Å²) in [4.78, 5) is 26.9. The predicted octanol–water partition coefficient (Wildman–Crippen LogP) is 0.831. The van der Waals surface area contributed by atoms with Crippen LogP contribution in [0.5, 0.6) is 0 Å². The summed E-state index contributed by atoms with van der Waals surface area (Å²) in [5.74, 6) is -1.65. The van der Waals surface area contributed by atoms with Gasteiger partial charge in [0.05, 0.1) is 0 Å². The molecule has 1 aromatic heterocycles. The van der Waals surface area contributed by atoms with E-state index >= 15 is 0 Å². The summed E-state index contributed by atoms with van der Waals surface area (Å²) in [6.45, 7) is 3.93. The van der Waals surface area contributed by atoms with Gasteiger partial charge in [0.15, 0.2) is 0 Å². The van der Waals surface area contributed by atoms with E-state index in [9.17, 15) is 9.59 Å². The van der Waals surface area contributed by atoms with Gasteiger partial charge in [0.1, 0.15) is 16.7 Å². The van der Waals surface area contributed by atoms with Gasteiger partial charge in [-0.2, -0.15) is 0 Å². The van der Waals surface area contributed by atoms with E-state index < -0.39 is 17.9 Å². The number of carbonyl (C=O) groups excluding carboxylic acids is 1. The van der Waals surface area contributed by atoms with Crippen molar-refractivity contribution in [3.05, 3.63) is 16.1 Å². The first kappa shape index (κ1) is 14.6. The number of aromatic nitrogens is 1. The maximum Gasteiger partial charge on any atom is 0.326 e. The molecule has 100 valence electrons. The molecule has 0 radical (unpaired) electrons. The molecule has 0 saturated heterocycles. The number of nitrogens with two attached hydrogens (primary N) is 1. The molecule has 0 saturated carbocycles. The Morgan fingerprint density at radius 3 is 2.72 bits per heavy atom. The van der Waals surface area contributed by atoms with Gasteiger partial charge in [0.2, 0.25) is 0 Å². The quantitative estimate of drug-likeness (QED) is 0.710. The highest BCUT2D eigenvalue weighted by Crippen LogP contribution is 2.12. The van der Waals surface area contributed by atoms with E-state index in [-0.39, 0.29) is 18.2 Å². The fourth-order valence-electron chi connectivity index (χ4n) is 1.41. The number of carbonyl (C=O) groups is 2. The van der Waals surface area contributed by atoms with Gasteiger partial charge >= 0.3 is 5.97 Å². The molecule has 1 heterocycles. The maximum atomic E-state index is 11.8. The maximum absolute atomic E-state index is 11.8. The van der Waals surface area contributed by atoms with Crippen molar-refractivity contribution in [2.45, 2.75) is 32.9 Å². The second-order valence-electron chi connectivity index (χ2n) is 4.01. The summed E-state index contributed by atoms with van der Waals surface area (Å²) in [6, 6.07) is -0.898. The van der Waals surface area contributed by atoms with Crippen LogP contribution in [0.3, 0.4) is 0 Å². The monoisotopic (exact) mass is 271 g/mol. The minimum atomic E-state index is -1.04. The molecular weight excluding hydrogens is 254 g/mol. The molecule has 0 bridgehead atoms. The standard InChI is InChI=1S/C11H17N3O3S/c1-3-6(2)9(11(16)17)14-10(15)7-5-18-8(4-12)13-7/h5-6,9H,3-4,12H2,1-2H3,(H,14,15)(H,16,17)/t6-,9-/m0/s1. The Balaban J connectivity index is 2.75. The zero-order chi connectivity index (χ0) is 13.7. The largest absolute Gasteiger partial charge is 0.480 e. The van der Waals surface area contributed by atoms with Crippen molar-refractivity contribution in [3.8, 4) is 0 Å². The number of rotatable bonds is 6. The Bertz CT molecular complexity index is 433. The van der Waals surface area contributed by atoms with Crippen molar-refractivity contribution in [2.75, 3.05) is 0 Å². The van der Waals surface area contributed by atoms with E-state index in [1.54, 1.807) is 12.3 Å². The van der Waals surface area contributed by atoms with Crippen LogP contribution in [0.2, 0.25) is 0 Å². The molecule has 18 heavy (non-hydrogen) atoms. The van der Waals surface area contributed by atoms with Crippen molar-refractivity contribution in [2.24, 2.45) is 11.7 Å². The van der Waals surface area contributed by atoms with Crippen LogP contribution in [-0.2, 0) is 11.3 Å². The molecule has 1 aromatic rings. The van der Waals surface area contributed by atoms with Crippen molar-refractivity contribution < 1.29 is 14.7 Å². The lowest BCUT2D eigenvalue weighted by atomic mass is 9.99. The highest BCUT2D eigenvalue weighted by atomic mass is 32.1. The van der Waals surface area contributed by atoms with Gasteiger partial charge in [-0.15, -0.1) is 11.3 Å². The lowest BCUT2D eigenvalue weighted by Crippen LogP contribution is -2.45. The average Bonchev–Trinajstić information content (AvgIpc) is 2.83. The average molecular weight is 271 g/mol. The van der Waals surface area contributed by atoms with Crippen LogP contribution >= 0.6 is 11.3 Å². The summed E-state index contributed by atoms with van der Waals surface area (Å²) in [6.07, 6.45) is 0.669. The SMILES string of the molecule is CC[C@H](C)[C@H](NC(=O)c1csc(CN)n1)C(=O)O. The van der Waals surface area contributed by atoms with Gasteiger partial charge in [-0.05, 0) is 5.92 Å². The van der Waals surface area contributed by atoms with Crippen molar-refractivity contribution in [3.63, 3.8) is 0 Å². The molecule has 7 heteroatoms. The molecule has 0 aliphatic heterocycles. The summed E-state index contributed by atoms with van der Waals surface area (Å²) >= 11 is 1.28. The van der Waals surface area contributed by atoms with E-state index in [1.807, 2.05) is 6.92 Å². The first-order chi connectivity index (χ1) is 8.49. The van der Waals surface area contributed by atoms with Gasteiger partial charge < -0.3 is 16.2 Å². The molecule has 0 aliphatic carbocycles. The summed E-state index contributed by atoms with van der Waals surface area (Å²) in [5.41, 5.74) is 5.62. The Morgan fingerprint density at radius 1 is 1.61 bits per heavy atom. The van der Waals surface area contributed by atoms with Gasteiger partial charge in [-0.3, -0.25) is 4.79 Å². The Hall–Kier alpha value is -1.47. The van der Waals surface area contributed by atoms with Crippen LogP contribution < -0.4 is 11.1 Å². The fraction of sp³-hybridized carbons (Fsp3) is 0.545. The molecule has 0 spiro atoms. The second-order valence-corrected chi connectivity index (χ2v) is 4.95. The number of carboxylic acid groups (broad SMARTS) is 1. The van der Waals surface area contributed by atoms with Crippen molar-refractivity contribution in [1.29, 1.82) is 0 Å². The van der Waals surface area contributed by atoms with Crippen LogP contribution in [0.1, 0.15) is 35.8 Å². The molecule has 6 nitrogen and oxygen atoms in total. The van der Waals surface area contributed by atoms with Crippen LogP contribution in [0.25, 0.3) is 0 Å². The fourth-order valence-corrected chi connectivity index (χ4v) is 2.06. The topological polar surface area (TPSA) is 105 Å². The molecule has 1 rings (SSSR count). The van der Waals surface area contributed by atoms with Crippen LogP contribution in [0.4, 0.5) is 0 Å². The Morgan fingerprint density at radius 2 is 2.28 bits per heavy atom. The van der Waals surface area contributed by atoms with E-state index in [1.165, 1.54) is 11.3 Å². The third-order valence-corrected chi connectivity index (χ3v) is 3.60. The second kappa shape index (κ2) is 6.46. The highest BCUT2D eigenvalue weighted by molar-refractivity contribution is 7.09. The van der Waals surface area contributed by atoms with E-state index in [0.29, 0.717) is 11.4 Å². The van der Waals surface area contributed by atoms with E-state index in [0.717, 1.165) is 0 Å². The van der Waals surface area contributed by atoms with Crippen LogP contribution in [-0.4, -0.2) is 28.0 Å². The van der Waals surface area contributed by atoms with Gasteiger partial charge in [-0.25, -0.2) is 9.78 Å². The number of aliphatic carboxylic acids is 1. The van der Waals surface area contributed by atoms with Crippen molar-refractivity contribution >= 4 is 23.2 Å². The highest BCUT2D eigenvalue weighted by Gasteiger charge is 2.26. The first-order valence-electron chi connectivity index (χ1n) is 5.67. The number of amides is 1. The number of carboxylic acids is 1. The van der Waals surface area contributed by atoms with Crippen LogP contribution in [0, 0.1) is 5.92 Å². The number of nitrogens with zero attached hydrogens (tertiary/aromatic N) is 1. The molecule has 1 amide bonds. The summed E-state index contributed by atoms with van der Waals surface area (Å²) < 4.78 is 0. The molecule has 4 N–H and O–H groups in total. The van der Waals surface area contributed by atoms with E-state index in [2.05, 4.69) is 10.3 Å². The smallest absolute Gasteiger partial charge is 0.326 e. The number of thiazole rings is 1. The molecule has 0 aromatic carbocycles. The number of hydrogen-bond acceptors (Lipinski definition) is 5. The minimum absolute atomic E-state index is 0.140. The zero-order valence-corrected chi connectivity index (χ0v) is 11.2. The third kappa shape index (κ3) is 3.51. The molecular formula is C11H17N3O3S. The Kier molecular flexibility index (Phi) is 5.24. The lowest BCUT2D eigenvalue weighted by molar-refractivity contribution is -0.140. The normalized spacial score (nSPS) is 13.9. The zero-order valence-electron chi connectivity index (χ0n) is 10.3.